The van der Waals surface area contributed by atoms with Crippen molar-refractivity contribution >= 4 is 11.7 Å². The van der Waals surface area contributed by atoms with Crippen molar-refractivity contribution in [1.82, 2.24) is 0 Å². The molecule has 0 aliphatic heterocycles. The third-order valence-corrected chi connectivity index (χ3v) is 5.46. The molecule has 2 N–H and O–H groups in total. The number of carbonyl (C=O) groups excluding carboxylic acids is 1. The minimum Gasteiger partial charge on any atom is -0.491 e. The lowest BCUT2D eigenvalue weighted by Crippen LogP contribution is -2.15. The van der Waals surface area contributed by atoms with Crippen molar-refractivity contribution in [3.63, 3.8) is 0 Å². The third kappa shape index (κ3) is 24.8. The van der Waals surface area contributed by atoms with Gasteiger partial charge in [-0.1, -0.05) is 39.0 Å². The molecule has 1 aromatic rings. The van der Waals surface area contributed by atoms with E-state index in [1.165, 1.54) is 25.7 Å². The molecule has 0 bridgehead atoms. The molecule has 10 nitrogen and oxygen atoms in total. The van der Waals surface area contributed by atoms with E-state index in [1.54, 1.807) is 12.1 Å². The van der Waals surface area contributed by atoms with Crippen LogP contribution >= 0.6 is 0 Å². The number of carbonyl (C=O) groups is 1. The maximum Gasteiger partial charge on any atom is 0.305 e. The molecule has 0 spiro atoms. The molecule has 0 amide bonds. The Bertz CT molecular complexity index is 661. The lowest BCUT2D eigenvalue weighted by Gasteiger charge is -2.09. The fraction of sp³-hybridized carbons (Fsp3) is 0.759. The summed E-state index contributed by atoms with van der Waals surface area (Å²) in [7, 11) is 0. The van der Waals surface area contributed by atoms with E-state index in [9.17, 15) is 4.79 Å². The van der Waals surface area contributed by atoms with Gasteiger partial charge in [-0.05, 0) is 30.7 Å². The predicted molar refractivity (Wildman–Crippen MR) is 150 cm³/mol. The molecule has 0 aliphatic rings. The van der Waals surface area contributed by atoms with Gasteiger partial charge in [0.2, 0.25) is 0 Å². The number of ether oxygens (including phenoxy) is 8. The molecule has 0 aliphatic carbocycles. The highest BCUT2D eigenvalue weighted by Crippen LogP contribution is 2.12. The maximum absolute atomic E-state index is 11.6. The summed E-state index contributed by atoms with van der Waals surface area (Å²) in [4.78, 5) is 11.6. The van der Waals surface area contributed by atoms with Crippen LogP contribution in [0.5, 0.6) is 5.75 Å². The lowest BCUT2D eigenvalue weighted by molar-refractivity contribution is -0.145. The van der Waals surface area contributed by atoms with Crippen LogP contribution in [0.4, 0.5) is 5.69 Å². The number of anilines is 1. The summed E-state index contributed by atoms with van der Waals surface area (Å²) < 4.78 is 43.4. The van der Waals surface area contributed by atoms with Gasteiger partial charge in [-0.2, -0.15) is 0 Å². The topological polar surface area (TPSA) is 117 Å². The van der Waals surface area contributed by atoms with E-state index in [-0.39, 0.29) is 12.6 Å². The largest absolute Gasteiger partial charge is 0.491 e. The number of hydrogen-bond acceptors (Lipinski definition) is 10. The van der Waals surface area contributed by atoms with E-state index in [0.29, 0.717) is 98.0 Å². The summed E-state index contributed by atoms with van der Waals surface area (Å²) >= 11 is 0. The minimum atomic E-state index is -0.141. The summed E-state index contributed by atoms with van der Waals surface area (Å²) in [6.45, 7) is 8.79. The van der Waals surface area contributed by atoms with Crippen LogP contribution in [0, 0.1) is 0 Å². The van der Waals surface area contributed by atoms with Gasteiger partial charge in [0.1, 0.15) is 19.0 Å². The zero-order chi connectivity index (χ0) is 28.1. The lowest BCUT2D eigenvalue weighted by atomic mass is 10.1. The van der Waals surface area contributed by atoms with Crippen LogP contribution in [0.3, 0.4) is 0 Å². The number of rotatable bonds is 29. The quantitative estimate of drug-likeness (QED) is 0.0878. The number of esters is 1. The van der Waals surface area contributed by atoms with E-state index in [0.717, 1.165) is 18.6 Å². The Kier molecular flexibility index (Phi) is 24.8. The van der Waals surface area contributed by atoms with Crippen molar-refractivity contribution in [2.24, 2.45) is 0 Å². The van der Waals surface area contributed by atoms with Crippen LogP contribution in [0.1, 0.15) is 51.9 Å². The highest BCUT2D eigenvalue weighted by Gasteiger charge is 2.02. The molecule has 10 heteroatoms. The first-order chi connectivity index (χ1) is 19.2. The fourth-order valence-corrected chi connectivity index (χ4v) is 3.32. The summed E-state index contributed by atoms with van der Waals surface area (Å²) in [5.41, 5.74) is 6.34. The Morgan fingerprint density at radius 3 is 1.46 bits per heavy atom. The number of nitrogen functional groups attached to an aromatic ring is 1. The summed E-state index contributed by atoms with van der Waals surface area (Å²) in [5.74, 6) is 0.631. The predicted octanol–water partition coefficient (Wildman–Crippen LogP) is 4.04. The van der Waals surface area contributed by atoms with E-state index < -0.39 is 0 Å². The van der Waals surface area contributed by atoms with Gasteiger partial charge in [0.25, 0.3) is 0 Å². The average molecular weight is 558 g/mol. The molecule has 0 atom stereocenters. The molecule has 0 saturated carbocycles. The SMILES string of the molecule is CCCCCCCCC(=O)OCCOCCOCCOCCOCCOCCOCCOc1ccc(N)cc1. The van der Waals surface area contributed by atoms with Gasteiger partial charge in [0.05, 0.1) is 79.3 Å². The standard InChI is InChI=1S/C29H51NO9/c1-2-3-4-5-6-7-8-29(31)39-26-24-37-22-20-35-18-16-33-14-13-32-15-17-34-19-21-36-23-25-38-28-11-9-27(30)10-12-28/h9-12H,2-8,13-26,30H2,1H3. The van der Waals surface area contributed by atoms with Crippen molar-refractivity contribution in [3.8, 4) is 5.75 Å². The van der Waals surface area contributed by atoms with Crippen molar-refractivity contribution in [3.05, 3.63) is 24.3 Å². The molecule has 1 rings (SSSR count). The first-order valence-corrected chi connectivity index (χ1v) is 14.3. The third-order valence-electron chi connectivity index (χ3n) is 5.46. The van der Waals surface area contributed by atoms with Crippen molar-refractivity contribution in [2.75, 3.05) is 98.2 Å². The van der Waals surface area contributed by atoms with Crippen LogP contribution in [0.2, 0.25) is 0 Å². The van der Waals surface area contributed by atoms with E-state index in [4.69, 9.17) is 43.6 Å². The van der Waals surface area contributed by atoms with Crippen LogP contribution in [0.15, 0.2) is 24.3 Å². The molecule has 0 fully saturated rings. The van der Waals surface area contributed by atoms with Gasteiger partial charge >= 0.3 is 5.97 Å². The summed E-state index contributed by atoms with van der Waals surface area (Å²) in [5, 5.41) is 0. The van der Waals surface area contributed by atoms with E-state index >= 15 is 0 Å². The highest BCUT2D eigenvalue weighted by atomic mass is 16.6. The van der Waals surface area contributed by atoms with Crippen molar-refractivity contribution < 1.29 is 42.7 Å². The molecular formula is C29H51NO9. The second-order valence-corrected chi connectivity index (χ2v) is 8.83. The van der Waals surface area contributed by atoms with Gasteiger partial charge in [-0.15, -0.1) is 0 Å². The van der Waals surface area contributed by atoms with E-state index in [1.807, 2.05) is 12.1 Å². The number of unbranched alkanes of at least 4 members (excludes halogenated alkanes) is 5. The second kappa shape index (κ2) is 27.6. The molecule has 39 heavy (non-hydrogen) atoms. The minimum absolute atomic E-state index is 0.141. The zero-order valence-electron chi connectivity index (χ0n) is 23.9. The van der Waals surface area contributed by atoms with Gasteiger partial charge < -0.3 is 43.6 Å². The van der Waals surface area contributed by atoms with Crippen molar-refractivity contribution in [1.29, 1.82) is 0 Å². The Morgan fingerprint density at radius 2 is 0.974 bits per heavy atom. The smallest absolute Gasteiger partial charge is 0.305 e. The fourth-order valence-electron chi connectivity index (χ4n) is 3.32. The molecular weight excluding hydrogens is 506 g/mol. The summed E-state index contributed by atoms with van der Waals surface area (Å²) in [6, 6.07) is 7.26. The van der Waals surface area contributed by atoms with Gasteiger partial charge in [-0.3, -0.25) is 4.79 Å². The van der Waals surface area contributed by atoms with Gasteiger partial charge in [-0.25, -0.2) is 0 Å². The number of benzene rings is 1. The first-order valence-electron chi connectivity index (χ1n) is 14.3. The first kappa shape index (κ1) is 35.1. The monoisotopic (exact) mass is 557 g/mol. The van der Waals surface area contributed by atoms with Crippen LogP contribution in [-0.2, 0) is 38.0 Å². The normalized spacial score (nSPS) is 11.1. The molecule has 0 saturated heterocycles. The van der Waals surface area contributed by atoms with E-state index in [2.05, 4.69) is 6.92 Å². The number of nitrogens with two attached hydrogens (primary N) is 1. The second-order valence-electron chi connectivity index (χ2n) is 8.83. The Labute approximate surface area is 234 Å². The molecule has 1 aromatic carbocycles. The Morgan fingerprint density at radius 1 is 0.564 bits per heavy atom. The average Bonchev–Trinajstić information content (AvgIpc) is 2.94. The zero-order valence-corrected chi connectivity index (χ0v) is 23.9. The molecule has 226 valence electrons. The molecule has 0 radical (unpaired) electrons. The Balaban J connectivity index is 1.68. The number of hydrogen-bond donors (Lipinski definition) is 1. The van der Waals surface area contributed by atoms with Crippen molar-refractivity contribution in [2.45, 2.75) is 51.9 Å². The van der Waals surface area contributed by atoms with Gasteiger partial charge in [0, 0.05) is 12.1 Å². The Hall–Kier alpha value is -1.95. The van der Waals surface area contributed by atoms with Crippen LogP contribution in [0.25, 0.3) is 0 Å². The molecule has 0 unspecified atom stereocenters. The van der Waals surface area contributed by atoms with Crippen LogP contribution in [-0.4, -0.2) is 98.5 Å². The maximum atomic E-state index is 11.6. The van der Waals surface area contributed by atoms with Gasteiger partial charge in [0.15, 0.2) is 0 Å². The molecule has 0 heterocycles. The molecule has 0 aromatic heterocycles. The van der Waals surface area contributed by atoms with Crippen LogP contribution < -0.4 is 10.5 Å². The highest BCUT2D eigenvalue weighted by molar-refractivity contribution is 5.69. The summed E-state index contributed by atoms with van der Waals surface area (Å²) in [6.07, 6.45) is 7.44.